The molecule has 6 nitrogen and oxygen atoms in total. The molecular weight excluding hydrogens is 348 g/mol. The lowest BCUT2D eigenvalue weighted by molar-refractivity contribution is -0.153. The third-order valence-corrected chi connectivity index (χ3v) is 2.82. The zero-order chi connectivity index (χ0) is 20.3. The van der Waals surface area contributed by atoms with E-state index in [-0.39, 0.29) is 5.75 Å². The van der Waals surface area contributed by atoms with Gasteiger partial charge in [0.15, 0.2) is 11.6 Å². The molecule has 0 saturated carbocycles. The Morgan fingerprint density at radius 2 is 1.42 bits per heavy atom. The number of benzene rings is 1. The topological polar surface area (TPSA) is 65.1 Å². The maximum atomic E-state index is 14.4. The average Bonchev–Trinajstić information content (AvgIpc) is 2.41. The Kier molecular flexibility index (Phi) is 6.57. The van der Waals surface area contributed by atoms with Crippen LogP contribution < -0.4 is 9.64 Å². The fourth-order valence-electron chi connectivity index (χ4n) is 1.97. The summed E-state index contributed by atoms with van der Waals surface area (Å²) in [6.07, 6.45) is -1.08. The van der Waals surface area contributed by atoms with Crippen LogP contribution in [0.25, 0.3) is 0 Å². The largest absolute Gasteiger partial charge is 0.497 e. The summed E-state index contributed by atoms with van der Waals surface area (Å²) in [7, 11) is 1.25. The zero-order valence-corrected chi connectivity index (χ0v) is 16.1. The lowest BCUT2D eigenvalue weighted by Crippen LogP contribution is -2.42. The summed E-state index contributed by atoms with van der Waals surface area (Å²) in [6.45, 7) is 8.98. The van der Waals surface area contributed by atoms with Crippen molar-refractivity contribution in [3.8, 4) is 5.75 Å². The second-order valence-electron chi connectivity index (χ2n) is 7.59. The Bertz CT molecular complexity index is 654. The fourth-order valence-corrected chi connectivity index (χ4v) is 1.97. The summed E-state index contributed by atoms with van der Waals surface area (Å²) in [4.78, 5) is 25.1. The SMILES string of the molecule is COc1cc(F)c(N(CC(=O)OC(C)(C)C)C(=O)OC(C)(C)C)c(F)c1. The van der Waals surface area contributed by atoms with Gasteiger partial charge in [0, 0.05) is 12.1 Å². The Morgan fingerprint density at radius 3 is 1.81 bits per heavy atom. The predicted octanol–water partition coefficient (Wildman–Crippen LogP) is 4.06. The number of hydrogen-bond acceptors (Lipinski definition) is 5. The molecule has 1 amide bonds. The molecule has 0 N–H and O–H groups in total. The molecule has 0 unspecified atom stereocenters. The lowest BCUT2D eigenvalue weighted by atomic mass is 10.2. The molecule has 0 saturated heterocycles. The van der Waals surface area contributed by atoms with E-state index >= 15 is 0 Å². The van der Waals surface area contributed by atoms with E-state index in [0.717, 1.165) is 12.1 Å². The van der Waals surface area contributed by atoms with Gasteiger partial charge in [-0.2, -0.15) is 0 Å². The molecule has 0 fully saturated rings. The van der Waals surface area contributed by atoms with E-state index in [9.17, 15) is 18.4 Å². The molecule has 0 aliphatic heterocycles. The second-order valence-corrected chi connectivity index (χ2v) is 7.59. The molecule has 0 aromatic heterocycles. The first-order valence-electron chi connectivity index (χ1n) is 7.99. The normalized spacial score (nSPS) is 11.7. The summed E-state index contributed by atoms with van der Waals surface area (Å²) in [5.74, 6) is -3.05. The maximum Gasteiger partial charge on any atom is 0.415 e. The minimum atomic E-state index is -1.08. The quantitative estimate of drug-likeness (QED) is 0.745. The van der Waals surface area contributed by atoms with E-state index in [0.29, 0.717) is 4.90 Å². The summed E-state index contributed by atoms with van der Waals surface area (Å²) < 4.78 is 43.9. The minimum absolute atomic E-state index is 0.0647. The van der Waals surface area contributed by atoms with Crippen molar-refractivity contribution in [2.24, 2.45) is 0 Å². The standard InChI is InChI=1S/C18H25F2NO5/c1-17(2,3)25-14(22)10-21(16(23)26-18(4,5)6)15-12(19)8-11(24-7)9-13(15)20/h8-9H,10H2,1-7H3. The van der Waals surface area contributed by atoms with E-state index in [1.54, 1.807) is 41.5 Å². The van der Waals surface area contributed by atoms with Crippen molar-refractivity contribution in [2.45, 2.75) is 52.7 Å². The van der Waals surface area contributed by atoms with Crippen molar-refractivity contribution in [1.82, 2.24) is 0 Å². The van der Waals surface area contributed by atoms with Crippen LogP contribution >= 0.6 is 0 Å². The lowest BCUT2D eigenvalue weighted by Gasteiger charge is -2.28. The highest BCUT2D eigenvalue weighted by Gasteiger charge is 2.31. The maximum absolute atomic E-state index is 14.4. The van der Waals surface area contributed by atoms with Gasteiger partial charge in [-0.1, -0.05) is 0 Å². The first kappa shape index (κ1) is 21.7. The number of halogens is 2. The summed E-state index contributed by atoms with van der Waals surface area (Å²) in [5, 5.41) is 0. The van der Waals surface area contributed by atoms with Gasteiger partial charge >= 0.3 is 12.1 Å². The molecule has 0 atom stereocenters. The number of methoxy groups -OCH3 is 1. The number of carbonyl (C=O) groups is 2. The average molecular weight is 373 g/mol. The fraction of sp³-hybridized carbons (Fsp3) is 0.556. The molecule has 8 heteroatoms. The van der Waals surface area contributed by atoms with Crippen LogP contribution in [-0.4, -0.2) is 36.9 Å². The first-order chi connectivity index (χ1) is 11.7. The van der Waals surface area contributed by atoms with Crippen molar-refractivity contribution >= 4 is 17.7 Å². The third kappa shape index (κ3) is 6.50. The van der Waals surface area contributed by atoms with Crippen LogP contribution in [-0.2, 0) is 14.3 Å². The highest BCUT2D eigenvalue weighted by Crippen LogP contribution is 2.29. The molecular formula is C18H25F2NO5. The zero-order valence-electron chi connectivity index (χ0n) is 16.1. The van der Waals surface area contributed by atoms with Gasteiger partial charge in [-0.25, -0.2) is 13.6 Å². The van der Waals surface area contributed by atoms with Crippen molar-refractivity contribution in [3.05, 3.63) is 23.8 Å². The van der Waals surface area contributed by atoms with Crippen LogP contribution in [0.4, 0.5) is 19.3 Å². The van der Waals surface area contributed by atoms with E-state index in [1.165, 1.54) is 7.11 Å². The molecule has 1 aromatic rings. The van der Waals surface area contributed by atoms with Gasteiger partial charge in [-0.15, -0.1) is 0 Å². The smallest absolute Gasteiger partial charge is 0.415 e. The van der Waals surface area contributed by atoms with Crippen molar-refractivity contribution in [2.75, 3.05) is 18.6 Å². The molecule has 1 aromatic carbocycles. The molecule has 0 aliphatic carbocycles. The van der Waals surface area contributed by atoms with Gasteiger partial charge in [-0.3, -0.25) is 9.69 Å². The van der Waals surface area contributed by atoms with Gasteiger partial charge in [0.2, 0.25) is 0 Å². The van der Waals surface area contributed by atoms with Gasteiger partial charge in [0.1, 0.15) is 29.2 Å². The van der Waals surface area contributed by atoms with Gasteiger partial charge in [0.25, 0.3) is 0 Å². The predicted molar refractivity (Wildman–Crippen MR) is 92.3 cm³/mol. The number of carbonyl (C=O) groups excluding carboxylic acids is 2. The molecule has 0 aliphatic rings. The number of hydrogen-bond donors (Lipinski definition) is 0. The molecule has 26 heavy (non-hydrogen) atoms. The number of amides is 1. The Hall–Kier alpha value is -2.38. The third-order valence-electron chi connectivity index (χ3n) is 2.82. The van der Waals surface area contributed by atoms with Crippen LogP contribution in [0.5, 0.6) is 5.75 Å². The monoisotopic (exact) mass is 373 g/mol. The van der Waals surface area contributed by atoms with E-state index in [1.807, 2.05) is 0 Å². The van der Waals surface area contributed by atoms with Gasteiger partial charge < -0.3 is 14.2 Å². The number of nitrogens with zero attached hydrogens (tertiary/aromatic N) is 1. The number of esters is 1. The van der Waals surface area contributed by atoms with Crippen molar-refractivity contribution in [3.63, 3.8) is 0 Å². The number of anilines is 1. The Morgan fingerprint density at radius 1 is 0.962 bits per heavy atom. The van der Waals surface area contributed by atoms with Crippen LogP contribution in [0, 0.1) is 11.6 Å². The Labute approximate surface area is 152 Å². The molecule has 1 rings (SSSR count). The minimum Gasteiger partial charge on any atom is -0.497 e. The molecule has 0 spiro atoms. The molecule has 146 valence electrons. The second kappa shape index (κ2) is 7.88. The van der Waals surface area contributed by atoms with Gasteiger partial charge in [0.05, 0.1) is 7.11 Å². The van der Waals surface area contributed by atoms with Crippen LogP contribution in [0.3, 0.4) is 0 Å². The highest BCUT2D eigenvalue weighted by molar-refractivity contribution is 5.94. The number of ether oxygens (including phenoxy) is 3. The summed E-state index contributed by atoms with van der Waals surface area (Å²) in [5.41, 5.74) is -2.47. The van der Waals surface area contributed by atoms with E-state index in [4.69, 9.17) is 14.2 Å². The van der Waals surface area contributed by atoms with Crippen LogP contribution in [0.15, 0.2) is 12.1 Å². The summed E-state index contributed by atoms with van der Waals surface area (Å²) >= 11 is 0. The van der Waals surface area contributed by atoms with Crippen molar-refractivity contribution < 1.29 is 32.6 Å². The van der Waals surface area contributed by atoms with Crippen molar-refractivity contribution in [1.29, 1.82) is 0 Å². The first-order valence-corrected chi connectivity index (χ1v) is 7.99. The summed E-state index contributed by atoms with van der Waals surface area (Å²) in [6, 6.07) is 1.82. The van der Waals surface area contributed by atoms with Crippen LogP contribution in [0.2, 0.25) is 0 Å². The van der Waals surface area contributed by atoms with Gasteiger partial charge in [-0.05, 0) is 41.5 Å². The van der Waals surface area contributed by atoms with E-state index in [2.05, 4.69) is 0 Å². The van der Waals surface area contributed by atoms with E-state index < -0.39 is 47.1 Å². The Balaban J connectivity index is 3.28. The molecule has 0 bridgehead atoms. The molecule has 0 heterocycles. The molecule has 0 radical (unpaired) electrons. The number of rotatable bonds is 4. The van der Waals surface area contributed by atoms with Crippen LogP contribution in [0.1, 0.15) is 41.5 Å². The highest BCUT2D eigenvalue weighted by atomic mass is 19.1.